The molecule has 2 aromatic rings. The highest BCUT2D eigenvalue weighted by atomic mass is 16.2. The smallest absolute Gasteiger partial charge is 0.264 e. The first-order valence-electron chi connectivity index (χ1n) is 6.70. The van der Waals surface area contributed by atoms with E-state index in [0.29, 0.717) is 0 Å². The highest BCUT2D eigenvalue weighted by Crippen LogP contribution is 2.11. The standard InChI is InChI=1S/C16H17N3O3/c1-9-4-3-5-11(6-9)7-19-8-12(14(17)20)10(2)13(15(18)21)16(19)22/h3-6,8H,7H2,1-2H3,(H2,17,20)(H2,18,21). The van der Waals surface area contributed by atoms with Crippen molar-refractivity contribution in [3.63, 3.8) is 0 Å². The fraction of sp³-hybridized carbons (Fsp3) is 0.188. The monoisotopic (exact) mass is 299 g/mol. The van der Waals surface area contributed by atoms with Gasteiger partial charge in [0.15, 0.2) is 0 Å². The molecule has 1 aromatic heterocycles. The largest absolute Gasteiger partial charge is 0.366 e. The SMILES string of the molecule is Cc1cccc(Cn2cc(C(N)=O)c(C)c(C(N)=O)c2=O)c1. The van der Waals surface area contributed by atoms with Gasteiger partial charge in [0.05, 0.1) is 12.1 Å². The third-order valence-corrected chi connectivity index (χ3v) is 3.49. The van der Waals surface area contributed by atoms with Crippen LogP contribution in [0.25, 0.3) is 0 Å². The molecule has 0 saturated carbocycles. The topological polar surface area (TPSA) is 108 Å². The van der Waals surface area contributed by atoms with Gasteiger partial charge in [0.2, 0.25) is 5.91 Å². The van der Waals surface area contributed by atoms with Crippen LogP contribution in [0.5, 0.6) is 0 Å². The molecule has 0 aliphatic carbocycles. The fourth-order valence-electron chi connectivity index (χ4n) is 2.41. The summed E-state index contributed by atoms with van der Waals surface area (Å²) in [5.41, 5.74) is 12.1. The van der Waals surface area contributed by atoms with Gasteiger partial charge in [-0.25, -0.2) is 0 Å². The first kappa shape index (κ1) is 15.5. The van der Waals surface area contributed by atoms with Gasteiger partial charge in [0.1, 0.15) is 5.56 Å². The van der Waals surface area contributed by atoms with Crippen LogP contribution in [0.4, 0.5) is 0 Å². The van der Waals surface area contributed by atoms with Gasteiger partial charge < -0.3 is 16.0 Å². The quantitative estimate of drug-likeness (QED) is 0.867. The Bertz CT molecular complexity index is 822. The van der Waals surface area contributed by atoms with Gasteiger partial charge in [-0.3, -0.25) is 14.4 Å². The molecule has 0 bridgehead atoms. The van der Waals surface area contributed by atoms with Crippen LogP contribution in [-0.4, -0.2) is 16.4 Å². The van der Waals surface area contributed by atoms with E-state index < -0.39 is 17.4 Å². The van der Waals surface area contributed by atoms with Crippen molar-refractivity contribution in [3.8, 4) is 0 Å². The zero-order valence-electron chi connectivity index (χ0n) is 12.4. The molecule has 0 fully saturated rings. The Hall–Kier alpha value is -2.89. The zero-order chi connectivity index (χ0) is 16.4. The number of nitrogens with two attached hydrogens (primary N) is 2. The number of primary amides is 2. The van der Waals surface area contributed by atoms with Crippen molar-refractivity contribution in [2.75, 3.05) is 0 Å². The summed E-state index contributed by atoms with van der Waals surface area (Å²) in [6.45, 7) is 3.64. The molecule has 0 atom stereocenters. The van der Waals surface area contributed by atoms with E-state index in [1.54, 1.807) is 0 Å². The molecule has 22 heavy (non-hydrogen) atoms. The van der Waals surface area contributed by atoms with Crippen molar-refractivity contribution in [2.24, 2.45) is 11.5 Å². The predicted molar refractivity (Wildman–Crippen MR) is 82.8 cm³/mol. The van der Waals surface area contributed by atoms with Crippen molar-refractivity contribution in [2.45, 2.75) is 20.4 Å². The molecule has 0 radical (unpaired) electrons. The first-order valence-corrected chi connectivity index (χ1v) is 6.70. The summed E-state index contributed by atoms with van der Waals surface area (Å²) < 4.78 is 1.28. The Morgan fingerprint density at radius 2 is 1.82 bits per heavy atom. The maximum Gasteiger partial charge on any atom is 0.264 e. The molecule has 114 valence electrons. The third kappa shape index (κ3) is 2.90. The molecule has 0 saturated heterocycles. The van der Waals surface area contributed by atoms with Crippen molar-refractivity contribution in [3.05, 3.63) is 68.6 Å². The molecular weight excluding hydrogens is 282 g/mol. The first-order chi connectivity index (χ1) is 10.3. The van der Waals surface area contributed by atoms with Gasteiger partial charge in [0.25, 0.3) is 11.5 Å². The van der Waals surface area contributed by atoms with E-state index >= 15 is 0 Å². The number of carbonyl (C=O) groups excluding carboxylic acids is 2. The van der Waals surface area contributed by atoms with Crippen LogP contribution in [0.3, 0.4) is 0 Å². The minimum atomic E-state index is -0.872. The van der Waals surface area contributed by atoms with Gasteiger partial charge in [-0.1, -0.05) is 29.8 Å². The lowest BCUT2D eigenvalue weighted by molar-refractivity contribution is 0.0997. The molecule has 2 amide bonds. The van der Waals surface area contributed by atoms with E-state index in [-0.39, 0.29) is 23.2 Å². The summed E-state index contributed by atoms with van der Waals surface area (Å²) in [7, 11) is 0. The van der Waals surface area contributed by atoms with Crippen LogP contribution in [0, 0.1) is 13.8 Å². The van der Waals surface area contributed by atoms with E-state index in [9.17, 15) is 14.4 Å². The summed E-state index contributed by atoms with van der Waals surface area (Å²) in [5, 5.41) is 0. The summed E-state index contributed by atoms with van der Waals surface area (Å²) in [5.74, 6) is -1.58. The second-order valence-electron chi connectivity index (χ2n) is 5.19. The van der Waals surface area contributed by atoms with Crippen LogP contribution < -0.4 is 17.0 Å². The number of aromatic nitrogens is 1. The van der Waals surface area contributed by atoms with Gasteiger partial charge in [-0.15, -0.1) is 0 Å². The normalized spacial score (nSPS) is 10.5. The van der Waals surface area contributed by atoms with E-state index in [4.69, 9.17) is 11.5 Å². The zero-order valence-corrected chi connectivity index (χ0v) is 12.4. The lowest BCUT2D eigenvalue weighted by Gasteiger charge is -2.13. The van der Waals surface area contributed by atoms with Crippen LogP contribution >= 0.6 is 0 Å². The number of carbonyl (C=O) groups is 2. The molecule has 1 heterocycles. The van der Waals surface area contributed by atoms with Gasteiger partial charge in [-0.05, 0) is 25.0 Å². The van der Waals surface area contributed by atoms with Crippen molar-refractivity contribution < 1.29 is 9.59 Å². The van der Waals surface area contributed by atoms with E-state index in [2.05, 4.69) is 0 Å². The third-order valence-electron chi connectivity index (χ3n) is 3.49. The molecule has 4 N–H and O–H groups in total. The average molecular weight is 299 g/mol. The molecule has 2 rings (SSSR count). The Balaban J connectivity index is 2.63. The number of nitrogens with zero attached hydrogens (tertiary/aromatic N) is 1. The molecule has 0 spiro atoms. The molecule has 6 nitrogen and oxygen atoms in total. The summed E-state index contributed by atoms with van der Waals surface area (Å²) in [6.07, 6.45) is 1.37. The van der Waals surface area contributed by atoms with Gasteiger partial charge >= 0.3 is 0 Å². The summed E-state index contributed by atoms with van der Waals surface area (Å²) >= 11 is 0. The number of aryl methyl sites for hydroxylation is 1. The lowest BCUT2D eigenvalue weighted by atomic mass is 10.0. The highest BCUT2D eigenvalue weighted by Gasteiger charge is 2.19. The van der Waals surface area contributed by atoms with Crippen LogP contribution in [-0.2, 0) is 6.54 Å². The number of amides is 2. The Kier molecular flexibility index (Phi) is 4.12. The molecule has 0 unspecified atom stereocenters. The number of pyridine rings is 1. The minimum Gasteiger partial charge on any atom is -0.366 e. The Morgan fingerprint density at radius 1 is 1.14 bits per heavy atom. The number of hydrogen-bond donors (Lipinski definition) is 2. The number of hydrogen-bond acceptors (Lipinski definition) is 3. The van der Waals surface area contributed by atoms with Crippen molar-refractivity contribution >= 4 is 11.8 Å². The van der Waals surface area contributed by atoms with Crippen LogP contribution in [0.1, 0.15) is 37.4 Å². The summed E-state index contributed by atoms with van der Waals surface area (Å²) in [6, 6.07) is 7.58. The molecule has 1 aromatic carbocycles. The van der Waals surface area contributed by atoms with Crippen LogP contribution in [0.15, 0.2) is 35.3 Å². The molecule has 6 heteroatoms. The van der Waals surface area contributed by atoms with Crippen molar-refractivity contribution in [1.29, 1.82) is 0 Å². The fourth-order valence-corrected chi connectivity index (χ4v) is 2.41. The van der Waals surface area contributed by atoms with Crippen LogP contribution in [0.2, 0.25) is 0 Å². The second kappa shape index (κ2) is 5.85. The Morgan fingerprint density at radius 3 is 2.36 bits per heavy atom. The predicted octanol–water partition coefficient (Wildman–Crippen LogP) is 0.711. The maximum absolute atomic E-state index is 12.4. The van der Waals surface area contributed by atoms with Crippen molar-refractivity contribution in [1.82, 2.24) is 4.57 Å². The van der Waals surface area contributed by atoms with E-state index in [0.717, 1.165) is 11.1 Å². The maximum atomic E-state index is 12.4. The summed E-state index contributed by atoms with van der Waals surface area (Å²) in [4.78, 5) is 35.5. The van der Waals surface area contributed by atoms with E-state index in [1.165, 1.54) is 17.7 Å². The second-order valence-corrected chi connectivity index (χ2v) is 5.19. The Labute approximate surface area is 127 Å². The molecule has 0 aliphatic rings. The minimum absolute atomic E-state index is 0.112. The highest BCUT2D eigenvalue weighted by molar-refractivity contribution is 6.00. The number of rotatable bonds is 4. The lowest BCUT2D eigenvalue weighted by Crippen LogP contribution is -2.33. The van der Waals surface area contributed by atoms with E-state index in [1.807, 2.05) is 31.2 Å². The molecular formula is C16H17N3O3. The van der Waals surface area contributed by atoms with Gasteiger partial charge in [0, 0.05) is 6.20 Å². The molecule has 0 aliphatic heterocycles. The van der Waals surface area contributed by atoms with Gasteiger partial charge in [-0.2, -0.15) is 0 Å². The average Bonchev–Trinajstić information content (AvgIpc) is 2.41. The number of benzene rings is 1.